The smallest absolute Gasteiger partial charge is 0.123 e. The first kappa shape index (κ1) is 10.6. The summed E-state index contributed by atoms with van der Waals surface area (Å²) in [6, 6.07) is 4.78. The second-order valence-electron chi connectivity index (χ2n) is 4.39. The highest BCUT2D eigenvalue weighted by Gasteiger charge is 2.16. The van der Waals surface area contributed by atoms with Crippen molar-refractivity contribution in [3.8, 4) is 0 Å². The minimum Gasteiger partial charge on any atom is -0.390 e. The van der Waals surface area contributed by atoms with Gasteiger partial charge in [-0.15, -0.1) is 11.3 Å². The maximum Gasteiger partial charge on any atom is 0.123 e. The van der Waals surface area contributed by atoms with Crippen molar-refractivity contribution in [2.24, 2.45) is 0 Å². The number of hydrogen-bond donors (Lipinski definition) is 1. The van der Waals surface area contributed by atoms with Gasteiger partial charge in [-0.25, -0.2) is 4.39 Å². The lowest BCUT2D eigenvalue weighted by Gasteiger charge is -2.16. The van der Waals surface area contributed by atoms with Gasteiger partial charge in [-0.3, -0.25) is 0 Å². The topological polar surface area (TPSA) is 20.2 Å². The fraction of sp³-hybridized carbons (Fsp3) is 0.333. The molecule has 1 nitrogen and oxygen atoms in total. The highest BCUT2D eigenvalue weighted by Crippen LogP contribution is 2.29. The number of rotatable bonds is 2. The van der Waals surface area contributed by atoms with E-state index in [0.29, 0.717) is 6.42 Å². The molecule has 1 aromatic heterocycles. The van der Waals surface area contributed by atoms with Crippen molar-refractivity contribution in [1.29, 1.82) is 0 Å². The number of benzene rings is 1. The van der Waals surface area contributed by atoms with Crippen LogP contribution in [-0.4, -0.2) is 10.7 Å². The van der Waals surface area contributed by atoms with E-state index in [1.165, 1.54) is 12.1 Å². The molecule has 0 unspecified atom stereocenters. The summed E-state index contributed by atoms with van der Waals surface area (Å²) in [6.07, 6.45) is 0.552. The van der Waals surface area contributed by atoms with Crippen molar-refractivity contribution in [2.45, 2.75) is 25.9 Å². The summed E-state index contributed by atoms with van der Waals surface area (Å²) in [7, 11) is 0. The van der Waals surface area contributed by atoms with Gasteiger partial charge in [0.2, 0.25) is 0 Å². The summed E-state index contributed by atoms with van der Waals surface area (Å²) in [5.74, 6) is -0.224. The van der Waals surface area contributed by atoms with Crippen LogP contribution in [0.4, 0.5) is 4.39 Å². The van der Waals surface area contributed by atoms with E-state index in [1.54, 1.807) is 31.3 Å². The average Bonchev–Trinajstić information content (AvgIpc) is 2.46. The molecule has 0 spiro atoms. The molecule has 80 valence electrons. The number of aliphatic hydroxyl groups is 1. The van der Waals surface area contributed by atoms with Crippen LogP contribution in [0.1, 0.15) is 19.4 Å². The monoisotopic (exact) mass is 224 g/mol. The molecule has 1 N–H and O–H groups in total. The summed E-state index contributed by atoms with van der Waals surface area (Å²) in [6.45, 7) is 3.52. The van der Waals surface area contributed by atoms with Gasteiger partial charge in [0.1, 0.15) is 5.82 Å². The molecule has 0 saturated heterocycles. The summed E-state index contributed by atoms with van der Waals surface area (Å²) < 4.78 is 14.1. The Balaban J connectivity index is 2.48. The lowest BCUT2D eigenvalue weighted by atomic mass is 9.98. The van der Waals surface area contributed by atoms with E-state index in [0.717, 1.165) is 15.6 Å². The molecule has 2 aromatic rings. The molecule has 0 bridgehead atoms. The molecule has 0 saturated carbocycles. The Morgan fingerprint density at radius 3 is 2.80 bits per heavy atom. The molecule has 0 aliphatic rings. The van der Waals surface area contributed by atoms with E-state index < -0.39 is 5.60 Å². The molecule has 1 heterocycles. The van der Waals surface area contributed by atoms with Crippen LogP contribution in [0.5, 0.6) is 0 Å². The Morgan fingerprint density at radius 2 is 2.13 bits per heavy atom. The van der Waals surface area contributed by atoms with E-state index in [4.69, 9.17) is 0 Å². The maximum atomic E-state index is 13.1. The minimum absolute atomic E-state index is 0.224. The Hall–Kier alpha value is -0.930. The number of halogens is 1. The van der Waals surface area contributed by atoms with Gasteiger partial charge < -0.3 is 5.11 Å². The van der Waals surface area contributed by atoms with E-state index in [1.807, 2.05) is 5.38 Å². The van der Waals surface area contributed by atoms with Crippen LogP contribution in [0.25, 0.3) is 10.1 Å². The van der Waals surface area contributed by atoms with Gasteiger partial charge >= 0.3 is 0 Å². The highest BCUT2D eigenvalue weighted by atomic mass is 32.1. The fourth-order valence-electron chi connectivity index (χ4n) is 1.66. The quantitative estimate of drug-likeness (QED) is 0.829. The van der Waals surface area contributed by atoms with Crippen LogP contribution < -0.4 is 0 Å². The summed E-state index contributed by atoms with van der Waals surface area (Å²) in [4.78, 5) is 0. The normalized spacial score (nSPS) is 12.3. The lowest BCUT2D eigenvalue weighted by molar-refractivity contribution is 0.0814. The summed E-state index contributed by atoms with van der Waals surface area (Å²) in [5.41, 5.74) is 0.266. The second-order valence-corrected chi connectivity index (χ2v) is 5.30. The third-order valence-electron chi connectivity index (χ3n) is 2.24. The minimum atomic E-state index is -0.750. The summed E-state index contributed by atoms with van der Waals surface area (Å²) >= 11 is 1.59. The zero-order chi connectivity index (χ0) is 11.1. The SMILES string of the molecule is CC(C)(O)Cc1csc2ccc(F)cc12. The number of hydrogen-bond acceptors (Lipinski definition) is 2. The predicted octanol–water partition coefficient (Wildman–Crippen LogP) is 3.35. The fourth-order valence-corrected chi connectivity index (χ4v) is 2.60. The maximum absolute atomic E-state index is 13.1. The average molecular weight is 224 g/mol. The van der Waals surface area contributed by atoms with Crippen molar-refractivity contribution >= 4 is 21.4 Å². The molecule has 0 aliphatic carbocycles. The molecular weight excluding hydrogens is 211 g/mol. The van der Waals surface area contributed by atoms with Gasteiger partial charge in [0, 0.05) is 11.1 Å². The Labute approximate surface area is 92.2 Å². The highest BCUT2D eigenvalue weighted by molar-refractivity contribution is 7.17. The van der Waals surface area contributed by atoms with E-state index >= 15 is 0 Å². The lowest BCUT2D eigenvalue weighted by Crippen LogP contribution is -2.21. The third kappa shape index (κ3) is 2.36. The molecule has 0 fully saturated rings. The van der Waals surface area contributed by atoms with Crippen molar-refractivity contribution in [3.05, 3.63) is 35.0 Å². The van der Waals surface area contributed by atoms with Gasteiger partial charge in [-0.2, -0.15) is 0 Å². The van der Waals surface area contributed by atoms with Crippen LogP contribution in [0.2, 0.25) is 0 Å². The van der Waals surface area contributed by atoms with Crippen LogP contribution in [0.15, 0.2) is 23.6 Å². The zero-order valence-electron chi connectivity index (χ0n) is 8.75. The van der Waals surface area contributed by atoms with E-state index in [-0.39, 0.29) is 5.82 Å². The van der Waals surface area contributed by atoms with E-state index in [9.17, 15) is 9.50 Å². The van der Waals surface area contributed by atoms with Crippen molar-refractivity contribution in [3.63, 3.8) is 0 Å². The Morgan fingerprint density at radius 1 is 1.40 bits per heavy atom. The van der Waals surface area contributed by atoms with Crippen molar-refractivity contribution in [1.82, 2.24) is 0 Å². The Bertz CT molecular complexity index is 482. The molecule has 0 aliphatic heterocycles. The van der Waals surface area contributed by atoms with Crippen molar-refractivity contribution < 1.29 is 9.50 Å². The predicted molar refractivity (Wildman–Crippen MR) is 61.8 cm³/mol. The number of fused-ring (bicyclic) bond motifs is 1. The molecule has 15 heavy (non-hydrogen) atoms. The first-order valence-corrected chi connectivity index (χ1v) is 5.72. The third-order valence-corrected chi connectivity index (χ3v) is 3.25. The molecular formula is C12H13FOS. The standard InChI is InChI=1S/C12H13FOS/c1-12(2,14)6-8-7-15-11-4-3-9(13)5-10(8)11/h3-5,7,14H,6H2,1-2H3. The summed E-state index contributed by atoms with van der Waals surface area (Å²) in [5, 5.41) is 12.6. The molecule has 0 amide bonds. The van der Waals surface area contributed by atoms with Crippen LogP contribution in [-0.2, 0) is 6.42 Å². The molecule has 1 aromatic carbocycles. The van der Waals surface area contributed by atoms with Crippen LogP contribution >= 0.6 is 11.3 Å². The van der Waals surface area contributed by atoms with Crippen LogP contribution in [0, 0.1) is 5.82 Å². The first-order valence-electron chi connectivity index (χ1n) is 4.84. The largest absolute Gasteiger partial charge is 0.390 e. The number of thiophene rings is 1. The second kappa shape index (κ2) is 3.58. The van der Waals surface area contributed by atoms with Gasteiger partial charge in [0.15, 0.2) is 0 Å². The zero-order valence-corrected chi connectivity index (χ0v) is 9.57. The van der Waals surface area contributed by atoms with Crippen LogP contribution in [0.3, 0.4) is 0 Å². The first-order chi connectivity index (χ1) is 6.96. The molecule has 0 atom stereocenters. The van der Waals surface area contributed by atoms with Gasteiger partial charge in [0.05, 0.1) is 5.60 Å². The van der Waals surface area contributed by atoms with Gasteiger partial charge in [-0.1, -0.05) is 0 Å². The molecule has 2 rings (SSSR count). The van der Waals surface area contributed by atoms with E-state index in [2.05, 4.69) is 0 Å². The van der Waals surface area contributed by atoms with Crippen molar-refractivity contribution in [2.75, 3.05) is 0 Å². The Kier molecular flexibility index (Phi) is 2.52. The molecule has 3 heteroatoms. The molecule has 0 radical (unpaired) electrons. The van der Waals surface area contributed by atoms with Gasteiger partial charge in [-0.05, 0) is 48.4 Å². The van der Waals surface area contributed by atoms with Gasteiger partial charge in [0.25, 0.3) is 0 Å².